The van der Waals surface area contributed by atoms with E-state index in [9.17, 15) is 19.8 Å². The Morgan fingerprint density at radius 3 is 2.63 bits per heavy atom. The van der Waals surface area contributed by atoms with E-state index in [-0.39, 0.29) is 28.5 Å². The van der Waals surface area contributed by atoms with E-state index in [4.69, 9.17) is 4.74 Å². The number of nitrogens with zero attached hydrogens (tertiary/aromatic N) is 1. The van der Waals surface area contributed by atoms with Crippen LogP contribution in [0, 0.1) is 5.92 Å². The highest BCUT2D eigenvalue weighted by atomic mass is 32.2. The maximum absolute atomic E-state index is 12.2. The Morgan fingerprint density at radius 1 is 1.41 bits per heavy atom. The quantitative estimate of drug-likeness (QED) is 0.503. The van der Waals surface area contributed by atoms with Crippen molar-refractivity contribution in [2.24, 2.45) is 5.92 Å². The monoisotopic (exact) mass is 410 g/mol. The van der Waals surface area contributed by atoms with Crippen molar-refractivity contribution < 1.29 is 24.5 Å². The van der Waals surface area contributed by atoms with Gasteiger partial charge in [-0.25, -0.2) is 4.79 Å². The highest BCUT2D eigenvalue weighted by molar-refractivity contribution is 8.04. The van der Waals surface area contributed by atoms with Gasteiger partial charge in [-0.2, -0.15) is 0 Å². The number of β-lactam (4-membered cyclic amide) rings is 1. The summed E-state index contributed by atoms with van der Waals surface area (Å²) in [5.41, 5.74) is 0.104. The molecule has 146 valence electrons. The Kier molecular flexibility index (Phi) is 6.08. The molecule has 2 aliphatic heterocycles. The second kappa shape index (κ2) is 8.16. The SMILES string of the molecule is COc1ccc([S+](C)CCSC2=C(C(=O)O)N3C(=O)C([C@@H](C)O)C3C2)cc1. The Balaban J connectivity index is 1.61. The van der Waals surface area contributed by atoms with E-state index in [2.05, 4.69) is 18.4 Å². The third kappa shape index (κ3) is 3.83. The number of carbonyl (C=O) groups is 2. The average molecular weight is 411 g/mol. The number of amides is 1. The first-order valence-corrected chi connectivity index (χ1v) is 11.5. The molecule has 0 radical (unpaired) electrons. The number of fused-ring (bicyclic) bond motifs is 1. The molecule has 1 amide bonds. The minimum atomic E-state index is -1.07. The summed E-state index contributed by atoms with van der Waals surface area (Å²) in [5, 5.41) is 19.3. The van der Waals surface area contributed by atoms with Gasteiger partial charge in [0.1, 0.15) is 23.5 Å². The molecule has 0 bridgehead atoms. The van der Waals surface area contributed by atoms with E-state index in [1.54, 1.807) is 14.0 Å². The van der Waals surface area contributed by atoms with E-state index < -0.39 is 18.0 Å². The minimum Gasteiger partial charge on any atom is -0.497 e. The molecule has 27 heavy (non-hydrogen) atoms. The second-order valence-electron chi connectivity index (χ2n) is 6.69. The molecule has 0 spiro atoms. The number of carbonyl (C=O) groups excluding carboxylic acids is 1. The van der Waals surface area contributed by atoms with Crippen LogP contribution in [0.5, 0.6) is 5.75 Å². The molecule has 4 atom stereocenters. The summed E-state index contributed by atoms with van der Waals surface area (Å²) < 4.78 is 5.18. The molecule has 0 aliphatic carbocycles. The number of hydrogen-bond acceptors (Lipinski definition) is 5. The number of thioether (sulfide) groups is 1. The Bertz CT molecular complexity index is 762. The molecule has 2 aliphatic rings. The molecular weight excluding hydrogens is 386 g/mol. The van der Waals surface area contributed by atoms with Crippen LogP contribution in [-0.2, 0) is 20.5 Å². The van der Waals surface area contributed by atoms with Gasteiger partial charge in [0.25, 0.3) is 0 Å². The number of ether oxygens (including phenoxy) is 1. The van der Waals surface area contributed by atoms with Crippen LogP contribution in [0.4, 0.5) is 0 Å². The Hall–Kier alpha value is -1.64. The average Bonchev–Trinajstić information content (AvgIpc) is 2.95. The number of aliphatic hydroxyl groups is 1. The van der Waals surface area contributed by atoms with Crippen molar-refractivity contribution in [1.29, 1.82) is 0 Å². The minimum absolute atomic E-state index is 0.0443. The number of carboxylic acids is 1. The highest BCUT2D eigenvalue weighted by Gasteiger charge is 2.56. The van der Waals surface area contributed by atoms with E-state index in [0.29, 0.717) is 6.42 Å². The van der Waals surface area contributed by atoms with Gasteiger partial charge in [0.15, 0.2) is 4.90 Å². The molecule has 3 rings (SSSR count). The molecule has 1 saturated heterocycles. The smallest absolute Gasteiger partial charge is 0.353 e. The van der Waals surface area contributed by atoms with Crippen molar-refractivity contribution in [3.05, 3.63) is 34.9 Å². The summed E-state index contributed by atoms with van der Waals surface area (Å²) >= 11 is 1.52. The molecule has 2 heterocycles. The first-order chi connectivity index (χ1) is 12.8. The standard InChI is InChI=1S/C19H23NO5S2/c1-11(21)16-14-10-15(17(19(23)24)20(14)18(16)22)26-8-9-27(3)13-6-4-12(25-2)5-7-13/h4-7,11,14,16,21H,8-10H2,1-3H3/p+1/t11-,14?,16?,27?/m1/s1. The number of aliphatic hydroxyl groups excluding tert-OH is 1. The lowest BCUT2D eigenvalue weighted by Gasteiger charge is -2.44. The third-order valence-corrected chi connectivity index (χ3v) is 8.29. The largest absolute Gasteiger partial charge is 0.497 e. The van der Waals surface area contributed by atoms with Crippen molar-refractivity contribution in [3.8, 4) is 5.75 Å². The molecule has 3 unspecified atom stereocenters. The number of aliphatic carboxylic acids is 1. The first kappa shape index (κ1) is 20.1. The Labute approximate surface area is 165 Å². The fourth-order valence-electron chi connectivity index (χ4n) is 3.58. The molecule has 1 fully saturated rings. The summed E-state index contributed by atoms with van der Waals surface area (Å²) in [5.74, 6) is 0.698. The zero-order valence-electron chi connectivity index (χ0n) is 15.5. The summed E-state index contributed by atoms with van der Waals surface area (Å²) in [6, 6.07) is 7.79. The van der Waals surface area contributed by atoms with Gasteiger partial charge >= 0.3 is 5.97 Å². The van der Waals surface area contributed by atoms with Gasteiger partial charge in [-0.3, -0.25) is 4.79 Å². The number of carboxylic acid groups (broad SMARTS) is 1. The van der Waals surface area contributed by atoms with Crippen molar-refractivity contribution in [1.82, 2.24) is 4.90 Å². The summed E-state index contributed by atoms with van der Waals surface area (Å²) in [7, 11) is 1.69. The molecule has 1 aromatic rings. The summed E-state index contributed by atoms with van der Waals surface area (Å²) in [4.78, 5) is 27.2. The molecule has 0 saturated carbocycles. The van der Waals surface area contributed by atoms with E-state index in [1.807, 2.05) is 12.1 Å². The van der Waals surface area contributed by atoms with E-state index >= 15 is 0 Å². The van der Waals surface area contributed by atoms with Crippen LogP contribution in [0.15, 0.2) is 39.8 Å². The number of methoxy groups -OCH3 is 1. The number of rotatable bonds is 8. The number of hydrogen-bond donors (Lipinski definition) is 2. The number of benzene rings is 1. The van der Waals surface area contributed by atoms with Crippen molar-refractivity contribution >= 4 is 34.5 Å². The van der Waals surface area contributed by atoms with Crippen LogP contribution in [0.1, 0.15) is 13.3 Å². The molecule has 0 aromatic heterocycles. The molecule has 6 nitrogen and oxygen atoms in total. The first-order valence-electron chi connectivity index (χ1n) is 8.72. The van der Waals surface area contributed by atoms with E-state index in [1.165, 1.54) is 21.6 Å². The van der Waals surface area contributed by atoms with Crippen LogP contribution in [0.25, 0.3) is 0 Å². The lowest BCUT2D eigenvalue weighted by atomic mass is 9.83. The van der Waals surface area contributed by atoms with Crippen molar-refractivity contribution in [3.63, 3.8) is 0 Å². The zero-order chi connectivity index (χ0) is 19.7. The van der Waals surface area contributed by atoms with Crippen molar-refractivity contribution in [2.45, 2.75) is 30.4 Å². The van der Waals surface area contributed by atoms with E-state index in [0.717, 1.165) is 22.2 Å². The van der Waals surface area contributed by atoms with Gasteiger partial charge in [0, 0.05) is 28.0 Å². The topological polar surface area (TPSA) is 87.1 Å². The van der Waals surface area contributed by atoms with Gasteiger partial charge in [0.2, 0.25) is 5.91 Å². The van der Waals surface area contributed by atoms with Gasteiger partial charge in [-0.15, -0.1) is 11.8 Å². The van der Waals surface area contributed by atoms with Gasteiger partial charge in [0.05, 0.1) is 25.2 Å². The molecule has 1 aromatic carbocycles. The maximum Gasteiger partial charge on any atom is 0.353 e. The molecular formula is C19H24NO5S2+. The highest BCUT2D eigenvalue weighted by Crippen LogP contribution is 2.47. The maximum atomic E-state index is 12.2. The second-order valence-corrected chi connectivity index (χ2v) is 10.0. The summed E-state index contributed by atoms with van der Waals surface area (Å²) in [6.45, 7) is 1.59. The van der Waals surface area contributed by atoms with Gasteiger partial charge in [-0.05, 0) is 31.2 Å². The summed E-state index contributed by atoms with van der Waals surface area (Å²) in [6.07, 6.45) is 1.94. The van der Waals surface area contributed by atoms with Crippen LogP contribution in [-0.4, -0.2) is 64.0 Å². The molecule has 8 heteroatoms. The van der Waals surface area contributed by atoms with Crippen LogP contribution >= 0.6 is 11.8 Å². The Morgan fingerprint density at radius 2 is 2.07 bits per heavy atom. The van der Waals surface area contributed by atoms with Crippen LogP contribution in [0.2, 0.25) is 0 Å². The van der Waals surface area contributed by atoms with Gasteiger partial charge in [-0.1, -0.05) is 0 Å². The van der Waals surface area contributed by atoms with Crippen LogP contribution < -0.4 is 4.74 Å². The molecule has 2 N–H and O–H groups in total. The third-order valence-electron chi connectivity index (χ3n) is 5.02. The normalized spacial score (nSPS) is 23.7. The lowest BCUT2D eigenvalue weighted by molar-refractivity contribution is -0.161. The predicted octanol–water partition coefficient (Wildman–Crippen LogP) is 1.94. The van der Waals surface area contributed by atoms with Crippen LogP contribution in [0.3, 0.4) is 0 Å². The lowest BCUT2D eigenvalue weighted by Crippen LogP contribution is -2.61. The fourth-order valence-corrected chi connectivity index (χ4v) is 6.60. The zero-order valence-corrected chi connectivity index (χ0v) is 17.2. The predicted molar refractivity (Wildman–Crippen MR) is 107 cm³/mol. The van der Waals surface area contributed by atoms with Crippen molar-refractivity contribution in [2.75, 3.05) is 24.9 Å². The fraction of sp³-hybridized carbons (Fsp3) is 0.474. The van der Waals surface area contributed by atoms with Gasteiger partial charge < -0.3 is 19.8 Å².